The molecule has 1 fully saturated rings. The second kappa shape index (κ2) is 24.5. The SMILES string of the molecule is CCCSc1nc(NCCN)c(N)c(N(N)Cc2ccc(C#CCNC(=O)C3CCN(CCNC(=O)c4ccc(-c5csc(N6N=C(c7ccccc7)/C(=N\Nc7nccs7)C6=O)n5)cc4)CC3)cc2)n1. The lowest BCUT2D eigenvalue weighted by Gasteiger charge is -2.31. The molecule has 19 nitrogen and oxygen atoms in total. The first-order valence-electron chi connectivity index (χ1n) is 23.1. The molecule has 10 N–H and O–H groups in total. The Morgan fingerprint density at radius 3 is 2.48 bits per heavy atom. The number of carbonyl (C=O) groups is 3. The number of nitrogens with one attached hydrogen (secondary N) is 4. The van der Waals surface area contributed by atoms with Crippen molar-refractivity contribution in [2.24, 2.45) is 27.7 Å². The summed E-state index contributed by atoms with van der Waals surface area (Å²) in [6.07, 6.45) is 4.08. The topological polar surface area (TPSA) is 263 Å². The van der Waals surface area contributed by atoms with Gasteiger partial charge >= 0.3 is 5.91 Å². The molecule has 22 heteroatoms. The van der Waals surface area contributed by atoms with E-state index in [0.29, 0.717) is 82.4 Å². The van der Waals surface area contributed by atoms with Crippen LogP contribution in [0.4, 0.5) is 27.6 Å². The van der Waals surface area contributed by atoms with E-state index in [-0.39, 0.29) is 30.0 Å². The zero-order chi connectivity index (χ0) is 49.5. The highest BCUT2D eigenvalue weighted by Crippen LogP contribution is 2.32. The predicted molar refractivity (Wildman–Crippen MR) is 284 cm³/mol. The molecule has 6 aromatic rings. The van der Waals surface area contributed by atoms with Crippen molar-refractivity contribution in [3.63, 3.8) is 0 Å². The number of thioether (sulfide) groups is 1. The van der Waals surface area contributed by atoms with Crippen LogP contribution < -0.4 is 48.7 Å². The number of amides is 3. The number of nitrogens with zero attached hydrogens (tertiary/aromatic N) is 9. The fraction of sp³-hybridized carbons (Fsp3) is 0.286. The molecule has 8 rings (SSSR count). The van der Waals surface area contributed by atoms with Gasteiger partial charge in [0.2, 0.25) is 16.2 Å². The van der Waals surface area contributed by atoms with Crippen molar-refractivity contribution >= 4 is 91.2 Å². The first-order valence-corrected chi connectivity index (χ1v) is 25.8. The summed E-state index contributed by atoms with van der Waals surface area (Å²) in [5.41, 5.74) is 20.3. The standard InChI is InChI=1S/C49H54N16O3S3/c1-2-28-69-48-58-42(53-22-20-50)39(51)43(59-48)64(52)30-33-12-10-32(11-13-33)7-6-21-54-45(67)37-18-25-63(26-19-37)27-23-55-44(66)36-16-14-34(15-17-36)38-31-71-49(57-38)65-46(68)41(60-61-47-56-24-29-70-47)40(62-65)35-8-4-3-5-9-35/h3-5,8-17,24,29,31,37H,2,18-23,25-28,30,50-52H2,1H3,(H,54,67)(H,55,66)(H,56,61)(H,53,58,59)/b60-41+. The Hall–Kier alpha value is -7.26. The number of carbonyl (C=O) groups excluding carboxylic acids is 3. The summed E-state index contributed by atoms with van der Waals surface area (Å²) in [4.78, 5) is 60.0. The monoisotopic (exact) mass is 1010 g/mol. The van der Waals surface area contributed by atoms with Crippen molar-refractivity contribution in [3.05, 3.63) is 118 Å². The van der Waals surface area contributed by atoms with Gasteiger partial charge in [0.25, 0.3) is 5.91 Å². The summed E-state index contributed by atoms with van der Waals surface area (Å²) in [6.45, 7) is 6.31. The Morgan fingerprint density at radius 2 is 1.75 bits per heavy atom. The van der Waals surface area contributed by atoms with Crippen molar-refractivity contribution in [1.82, 2.24) is 35.5 Å². The number of hydrogen-bond acceptors (Lipinski definition) is 19. The number of benzene rings is 3. The lowest BCUT2D eigenvalue weighted by molar-refractivity contribution is -0.126. The maximum atomic E-state index is 13.6. The molecule has 366 valence electrons. The van der Waals surface area contributed by atoms with E-state index in [1.807, 2.05) is 77.5 Å². The van der Waals surface area contributed by atoms with Crippen LogP contribution in [0, 0.1) is 17.8 Å². The van der Waals surface area contributed by atoms with E-state index in [1.54, 1.807) is 30.1 Å². The molecule has 0 bridgehead atoms. The largest absolute Gasteiger partial charge is 0.393 e. The van der Waals surface area contributed by atoms with Gasteiger partial charge in [-0.15, -0.1) is 22.7 Å². The van der Waals surface area contributed by atoms with Gasteiger partial charge in [0.05, 0.1) is 18.8 Å². The summed E-state index contributed by atoms with van der Waals surface area (Å²) < 4.78 is 0. The van der Waals surface area contributed by atoms with Crippen LogP contribution in [-0.4, -0.2) is 106 Å². The molecule has 3 aromatic carbocycles. The first-order chi connectivity index (χ1) is 34.7. The van der Waals surface area contributed by atoms with Gasteiger partial charge in [-0.1, -0.05) is 85.1 Å². The third-order valence-corrected chi connectivity index (χ3v) is 13.8. The smallest absolute Gasteiger partial charge is 0.303 e. The Morgan fingerprint density at radius 1 is 0.958 bits per heavy atom. The molecule has 71 heavy (non-hydrogen) atoms. The average Bonchev–Trinajstić information content (AvgIpc) is 4.18. The molecule has 5 heterocycles. The number of hydrogen-bond donors (Lipinski definition) is 7. The maximum Gasteiger partial charge on any atom is 0.303 e. The van der Waals surface area contributed by atoms with E-state index in [9.17, 15) is 14.4 Å². The predicted octanol–water partition coefficient (Wildman–Crippen LogP) is 5.22. The minimum Gasteiger partial charge on any atom is -0.393 e. The summed E-state index contributed by atoms with van der Waals surface area (Å²) in [6, 6.07) is 24.3. The number of likely N-dealkylation sites (tertiary alicyclic amines) is 1. The lowest BCUT2D eigenvalue weighted by atomic mass is 9.96. The van der Waals surface area contributed by atoms with Crippen molar-refractivity contribution in [2.45, 2.75) is 37.9 Å². The minimum absolute atomic E-state index is 0.000580. The Balaban J connectivity index is 0.747. The van der Waals surface area contributed by atoms with Gasteiger partial charge in [0.1, 0.15) is 11.4 Å². The molecular formula is C49H54N16O3S3. The fourth-order valence-electron chi connectivity index (χ4n) is 7.56. The highest BCUT2D eigenvalue weighted by Gasteiger charge is 2.36. The number of thiazole rings is 2. The number of nitrogen functional groups attached to an aromatic ring is 1. The van der Waals surface area contributed by atoms with Crippen LogP contribution >= 0.6 is 34.4 Å². The van der Waals surface area contributed by atoms with Crippen molar-refractivity contribution < 1.29 is 14.4 Å². The zero-order valence-electron chi connectivity index (χ0n) is 39.0. The highest BCUT2D eigenvalue weighted by atomic mass is 32.2. The molecule has 0 saturated carbocycles. The van der Waals surface area contributed by atoms with Gasteiger partial charge in [-0.3, -0.25) is 24.8 Å². The Bertz CT molecular complexity index is 2890. The van der Waals surface area contributed by atoms with Crippen LogP contribution in [0.5, 0.6) is 0 Å². The molecule has 0 spiro atoms. The zero-order valence-corrected chi connectivity index (χ0v) is 41.5. The van der Waals surface area contributed by atoms with Gasteiger partial charge in [-0.2, -0.15) is 15.2 Å². The molecule has 1 saturated heterocycles. The molecule has 2 aliphatic heterocycles. The second-order valence-corrected chi connectivity index (χ2v) is 19.1. The lowest BCUT2D eigenvalue weighted by Crippen LogP contribution is -2.43. The molecular weight excluding hydrogens is 957 g/mol. The van der Waals surface area contributed by atoms with E-state index in [4.69, 9.17) is 22.3 Å². The van der Waals surface area contributed by atoms with Crippen LogP contribution in [0.15, 0.2) is 111 Å². The third-order valence-electron chi connectivity index (χ3n) is 11.3. The number of aromatic nitrogens is 4. The molecule has 3 amide bonds. The number of hydrazine groups is 1. The van der Waals surface area contributed by atoms with Crippen LogP contribution in [0.3, 0.4) is 0 Å². The average molecular weight is 1010 g/mol. The molecule has 0 radical (unpaired) electrons. The van der Waals surface area contributed by atoms with Crippen molar-refractivity contribution in [1.29, 1.82) is 0 Å². The Labute approximate surface area is 423 Å². The van der Waals surface area contributed by atoms with Gasteiger partial charge in [-0.05, 0) is 62.2 Å². The number of hydrazone groups is 2. The van der Waals surface area contributed by atoms with Crippen molar-refractivity contribution in [3.8, 4) is 23.1 Å². The van der Waals surface area contributed by atoms with Crippen molar-refractivity contribution in [2.75, 3.05) is 78.1 Å². The fourth-order valence-corrected chi connectivity index (χ4v) is 9.50. The summed E-state index contributed by atoms with van der Waals surface area (Å²) >= 11 is 4.19. The first kappa shape index (κ1) is 50.1. The van der Waals surface area contributed by atoms with E-state index >= 15 is 0 Å². The van der Waals surface area contributed by atoms with Crippen LogP contribution in [0.1, 0.15) is 53.2 Å². The number of anilines is 5. The minimum atomic E-state index is -0.417. The number of piperidine rings is 1. The summed E-state index contributed by atoms with van der Waals surface area (Å²) in [5.74, 6) is 13.8. The van der Waals surface area contributed by atoms with E-state index in [0.717, 1.165) is 60.4 Å². The van der Waals surface area contributed by atoms with Crippen LogP contribution in [0.25, 0.3) is 11.3 Å². The van der Waals surface area contributed by atoms with E-state index < -0.39 is 5.91 Å². The molecule has 0 atom stereocenters. The Kier molecular flexibility index (Phi) is 17.3. The summed E-state index contributed by atoms with van der Waals surface area (Å²) in [7, 11) is 0. The maximum absolute atomic E-state index is 13.6. The van der Waals surface area contributed by atoms with Gasteiger partial charge in [0, 0.05) is 77.1 Å². The van der Waals surface area contributed by atoms with Gasteiger partial charge in [-0.25, -0.2) is 25.8 Å². The van der Waals surface area contributed by atoms with Crippen LogP contribution in [-0.2, 0) is 16.1 Å². The third kappa shape index (κ3) is 13.1. The number of rotatable bonds is 20. The second-order valence-electron chi connectivity index (χ2n) is 16.3. The highest BCUT2D eigenvalue weighted by molar-refractivity contribution is 7.99. The molecule has 2 aliphatic rings. The van der Waals surface area contributed by atoms with Crippen LogP contribution in [0.2, 0.25) is 0 Å². The molecule has 0 unspecified atom stereocenters. The van der Waals surface area contributed by atoms with Gasteiger partial charge < -0.3 is 32.3 Å². The summed E-state index contributed by atoms with van der Waals surface area (Å²) in [5, 5.41) is 26.1. The number of nitrogens with two attached hydrogens (primary N) is 3. The molecule has 0 aliphatic carbocycles. The van der Waals surface area contributed by atoms with E-state index in [1.165, 1.54) is 32.7 Å². The molecule has 3 aromatic heterocycles. The quantitative estimate of drug-likeness (QED) is 0.0170. The van der Waals surface area contributed by atoms with E-state index in [2.05, 4.69) is 70.2 Å². The van der Waals surface area contributed by atoms with Gasteiger partial charge in [0.15, 0.2) is 22.5 Å². The normalized spacial score (nSPS) is 14.5.